The zero-order chi connectivity index (χ0) is 26.5. The molecule has 5 rings (SSSR count). The third-order valence-electron chi connectivity index (χ3n) is 6.76. The van der Waals surface area contributed by atoms with Gasteiger partial charge in [0, 0.05) is 36.9 Å². The van der Waals surface area contributed by atoms with Crippen LogP contribution in [-0.4, -0.2) is 37.1 Å². The summed E-state index contributed by atoms with van der Waals surface area (Å²) in [5.41, 5.74) is 3.62. The largest absolute Gasteiger partial charge is 0.371 e. The van der Waals surface area contributed by atoms with Crippen molar-refractivity contribution >= 4 is 21.7 Å². The van der Waals surface area contributed by atoms with Gasteiger partial charge in [0.15, 0.2) is 0 Å². The minimum atomic E-state index is -4.05. The lowest BCUT2D eigenvalue weighted by Crippen LogP contribution is -2.42. The highest BCUT2D eigenvalue weighted by Gasteiger charge is 2.25. The zero-order valence-electron chi connectivity index (χ0n) is 21.2. The standard InChI is InChI=1S/C29H31N5O3S/c1-22-10-5-6-15-27(22)38(36,37)32-29(35)31-26(20-23-11-3-2-4-12-23)28-30-16-19-34(28)25-14-9-13-24(21-25)33-17-7-8-18-33/h2-6,9-16,19,21,26H,7-8,17-18,20H2,1H3,(H2,31,32,35)/t26-/m0/s1. The number of benzene rings is 3. The number of aryl methyl sites for hydroxylation is 1. The number of carbonyl (C=O) groups is 1. The number of hydrogen-bond acceptors (Lipinski definition) is 5. The molecule has 0 saturated carbocycles. The molecule has 0 unspecified atom stereocenters. The van der Waals surface area contributed by atoms with Crippen molar-refractivity contribution in [1.82, 2.24) is 19.6 Å². The fourth-order valence-corrected chi connectivity index (χ4v) is 6.05. The molecule has 196 valence electrons. The molecule has 38 heavy (non-hydrogen) atoms. The molecule has 4 aromatic rings. The summed E-state index contributed by atoms with van der Waals surface area (Å²) in [6, 6.07) is 23.1. The Morgan fingerprint density at radius 2 is 1.66 bits per heavy atom. The average Bonchev–Trinajstić information content (AvgIpc) is 3.62. The Kier molecular flexibility index (Phi) is 7.46. The van der Waals surface area contributed by atoms with Crippen molar-refractivity contribution in [3.8, 4) is 5.69 Å². The molecule has 1 fully saturated rings. The average molecular weight is 530 g/mol. The zero-order valence-corrected chi connectivity index (χ0v) is 22.1. The Hall–Kier alpha value is -4.11. The highest BCUT2D eigenvalue weighted by atomic mass is 32.2. The first-order valence-corrected chi connectivity index (χ1v) is 14.2. The molecule has 1 aromatic heterocycles. The molecule has 0 spiro atoms. The Labute approximate surface area is 223 Å². The Bertz CT molecular complexity index is 1510. The van der Waals surface area contributed by atoms with Gasteiger partial charge < -0.3 is 14.8 Å². The van der Waals surface area contributed by atoms with Gasteiger partial charge in [-0.1, -0.05) is 54.6 Å². The minimum Gasteiger partial charge on any atom is -0.371 e. The van der Waals surface area contributed by atoms with E-state index in [2.05, 4.69) is 32.1 Å². The van der Waals surface area contributed by atoms with Gasteiger partial charge >= 0.3 is 6.03 Å². The van der Waals surface area contributed by atoms with E-state index in [1.54, 1.807) is 31.3 Å². The molecule has 9 heteroatoms. The van der Waals surface area contributed by atoms with E-state index in [1.165, 1.54) is 18.9 Å². The summed E-state index contributed by atoms with van der Waals surface area (Å²) >= 11 is 0. The Balaban J connectivity index is 1.44. The highest BCUT2D eigenvalue weighted by Crippen LogP contribution is 2.26. The van der Waals surface area contributed by atoms with Crippen LogP contribution in [0.3, 0.4) is 0 Å². The van der Waals surface area contributed by atoms with Crippen LogP contribution in [-0.2, 0) is 16.4 Å². The maximum Gasteiger partial charge on any atom is 0.329 e. The van der Waals surface area contributed by atoms with E-state index in [0.717, 1.165) is 30.0 Å². The fourth-order valence-electron chi connectivity index (χ4n) is 4.89. The second kappa shape index (κ2) is 11.1. The second-order valence-corrected chi connectivity index (χ2v) is 11.1. The third-order valence-corrected chi connectivity index (χ3v) is 8.25. The second-order valence-electron chi connectivity index (χ2n) is 9.46. The molecule has 0 bridgehead atoms. The molecule has 1 aliphatic heterocycles. The SMILES string of the molecule is Cc1ccccc1S(=O)(=O)NC(=O)N[C@@H](Cc1ccccc1)c1nccn1-c1cccc(N2CCCC2)c1. The van der Waals surface area contributed by atoms with Gasteiger partial charge in [-0.05, 0) is 61.6 Å². The van der Waals surface area contributed by atoms with Crippen LogP contribution in [0.2, 0.25) is 0 Å². The van der Waals surface area contributed by atoms with Crippen LogP contribution in [0.15, 0.2) is 96.2 Å². The van der Waals surface area contributed by atoms with E-state index < -0.39 is 22.1 Å². The summed E-state index contributed by atoms with van der Waals surface area (Å²) in [7, 11) is -4.05. The number of imidazole rings is 1. The number of amides is 2. The smallest absolute Gasteiger partial charge is 0.329 e. The number of urea groups is 1. The first-order chi connectivity index (χ1) is 18.4. The van der Waals surface area contributed by atoms with Crippen molar-refractivity contribution in [3.05, 3.63) is 108 Å². The van der Waals surface area contributed by atoms with E-state index in [-0.39, 0.29) is 4.90 Å². The first-order valence-electron chi connectivity index (χ1n) is 12.7. The lowest BCUT2D eigenvalue weighted by atomic mass is 10.1. The van der Waals surface area contributed by atoms with E-state index in [4.69, 9.17) is 0 Å². The van der Waals surface area contributed by atoms with Gasteiger partial charge in [0.2, 0.25) is 0 Å². The summed E-state index contributed by atoms with van der Waals surface area (Å²) in [6.45, 7) is 3.76. The molecular formula is C29H31N5O3S. The van der Waals surface area contributed by atoms with Crippen LogP contribution in [0.1, 0.15) is 35.8 Å². The molecule has 0 aliphatic carbocycles. The summed E-state index contributed by atoms with van der Waals surface area (Å²) in [4.78, 5) is 20.1. The summed E-state index contributed by atoms with van der Waals surface area (Å²) in [5, 5.41) is 2.87. The number of sulfonamides is 1. The lowest BCUT2D eigenvalue weighted by molar-refractivity contribution is 0.241. The van der Waals surface area contributed by atoms with Crippen LogP contribution in [0, 0.1) is 6.92 Å². The first kappa shape index (κ1) is 25.5. The maximum atomic E-state index is 13.1. The van der Waals surface area contributed by atoms with Gasteiger partial charge in [-0.25, -0.2) is 22.9 Å². The highest BCUT2D eigenvalue weighted by molar-refractivity contribution is 7.90. The van der Waals surface area contributed by atoms with E-state index >= 15 is 0 Å². The van der Waals surface area contributed by atoms with E-state index in [1.807, 2.05) is 53.2 Å². The van der Waals surface area contributed by atoms with Crippen LogP contribution in [0.25, 0.3) is 5.69 Å². The quantitative estimate of drug-likeness (QED) is 0.343. The van der Waals surface area contributed by atoms with Crippen molar-refractivity contribution in [2.75, 3.05) is 18.0 Å². The molecule has 8 nitrogen and oxygen atoms in total. The predicted molar refractivity (Wildman–Crippen MR) is 148 cm³/mol. The van der Waals surface area contributed by atoms with Gasteiger partial charge in [-0.2, -0.15) is 0 Å². The summed E-state index contributed by atoms with van der Waals surface area (Å²) < 4.78 is 30.0. The number of anilines is 1. The lowest BCUT2D eigenvalue weighted by Gasteiger charge is -2.22. The van der Waals surface area contributed by atoms with Crippen LogP contribution in [0.5, 0.6) is 0 Å². The van der Waals surface area contributed by atoms with Crippen LogP contribution < -0.4 is 14.9 Å². The Morgan fingerprint density at radius 3 is 2.42 bits per heavy atom. The van der Waals surface area contributed by atoms with Gasteiger partial charge in [0.1, 0.15) is 5.82 Å². The van der Waals surface area contributed by atoms with Gasteiger partial charge in [-0.3, -0.25) is 0 Å². The number of rotatable bonds is 8. The van der Waals surface area contributed by atoms with Crippen molar-refractivity contribution in [3.63, 3.8) is 0 Å². The van der Waals surface area contributed by atoms with Crippen LogP contribution >= 0.6 is 0 Å². The molecule has 0 radical (unpaired) electrons. The number of aromatic nitrogens is 2. The Morgan fingerprint density at radius 1 is 0.947 bits per heavy atom. The predicted octanol–water partition coefficient (Wildman–Crippen LogP) is 4.75. The molecule has 2 N–H and O–H groups in total. The number of nitrogens with zero attached hydrogens (tertiary/aromatic N) is 3. The van der Waals surface area contributed by atoms with Gasteiger partial charge in [0.25, 0.3) is 10.0 Å². The minimum absolute atomic E-state index is 0.0648. The number of nitrogens with one attached hydrogen (secondary N) is 2. The molecular weight excluding hydrogens is 498 g/mol. The van der Waals surface area contributed by atoms with Crippen molar-refractivity contribution in [2.24, 2.45) is 0 Å². The van der Waals surface area contributed by atoms with E-state index in [0.29, 0.717) is 17.8 Å². The van der Waals surface area contributed by atoms with Gasteiger partial charge in [0.05, 0.1) is 10.9 Å². The normalized spacial score (nSPS) is 14.3. The molecule has 3 aromatic carbocycles. The molecule has 1 saturated heterocycles. The third kappa shape index (κ3) is 5.73. The van der Waals surface area contributed by atoms with Crippen molar-refractivity contribution < 1.29 is 13.2 Å². The van der Waals surface area contributed by atoms with Crippen molar-refractivity contribution in [2.45, 2.75) is 37.1 Å². The molecule has 1 atom stereocenters. The van der Waals surface area contributed by atoms with Crippen molar-refractivity contribution in [1.29, 1.82) is 0 Å². The molecule has 2 heterocycles. The fraction of sp³-hybridized carbons (Fsp3) is 0.241. The number of hydrogen-bond donors (Lipinski definition) is 2. The molecule has 1 aliphatic rings. The summed E-state index contributed by atoms with van der Waals surface area (Å²) in [6.07, 6.45) is 6.36. The van der Waals surface area contributed by atoms with Crippen LogP contribution in [0.4, 0.5) is 10.5 Å². The monoisotopic (exact) mass is 529 g/mol. The molecule has 2 amide bonds. The topological polar surface area (TPSA) is 96.3 Å². The summed E-state index contributed by atoms with van der Waals surface area (Å²) in [5.74, 6) is 0.607. The number of carbonyl (C=O) groups excluding carboxylic acids is 1. The maximum absolute atomic E-state index is 13.1. The van der Waals surface area contributed by atoms with Gasteiger partial charge in [-0.15, -0.1) is 0 Å². The van der Waals surface area contributed by atoms with E-state index in [9.17, 15) is 13.2 Å².